The number of hydrogen-bond donors (Lipinski definition) is 1. The van der Waals surface area contributed by atoms with E-state index in [2.05, 4.69) is 13.0 Å². The molecular weight excluding hydrogens is 420 g/mol. The van der Waals surface area contributed by atoms with E-state index in [1.165, 1.54) is 5.57 Å². The van der Waals surface area contributed by atoms with Gasteiger partial charge in [-0.05, 0) is 69.4 Å². The van der Waals surface area contributed by atoms with Gasteiger partial charge < -0.3 is 14.6 Å². The van der Waals surface area contributed by atoms with Gasteiger partial charge in [0.25, 0.3) is 0 Å². The fourth-order valence-electron chi connectivity index (χ4n) is 6.85. The van der Waals surface area contributed by atoms with Gasteiger partial charge in [-0.15, -0.1) is 0 Å². The maximum atomic E-state index is 13.2. The van der Waals surface area contributed by atoms with Crippen LogP contribution in [0, 0.1) is 28.6 Å². The first-order chi connectivity index (χ1) is 15.6. The summed E-state index contributed by atoms with van der Waals surface area (Å²) >= 11 is 0. The van der Waals surface area contributed by atoms with Gasteiger partial charge in [-0.25, -0.2) is 4.79 Å². The maximum absolute atomic E-state index is 13.2. The Morgan fingerprint density at radius 3 is 2.58 bits per heavy atom. The number of fused-ring (bicyclic) bond motifs is 5. The molecule has 6 heteroatoms. The Balaban J connectivity index is 0.00000149. The zero-order valence-corrected chi connectivity index (χ0v) is 20.8. The van der Waals surface area contributed by atoms with Gasteiger partial charge in [-0.3, -0.25) is 9.59 Å². The van der Waals surface area contributed by atoms with Crippen molar-refractivity contribution in [2.24, 2.45) is 28.6 Å². The molecule has 2 fully saturated rings. The van der Waals surface area contributed by atoms with Crippen LogP contribution in [0.1, 0.15) is 67.2 Å². The smallest absolute Gasteiger partial charge is 0.435 e. The van der Waals surface area contributed by atoms with Crippen molar-refractivity contribution in [1.29, 1.82) is 0 Å². The highest BCUT2D eigenvalue weighted by Gasteiger charge is 2.67. The third-order valence-electron chi connectivity index (χ3n) is 8.54. The minimum Gasteiger partial charge on any atom is -0.435 e. The highest BCUT2D eigenvalue weighted by molar-refractivity contribution is 6.01. The molecule has 0 bridgehead atoms. The molecule has 4 rings (SSSR count). The van der Waals surface area contributed by atoms with Gasteiger partial charge in [0.15, 0.2) is 12.4 Å². The van der Waals surface area contributed by atoms with Gasteiger partial charge >= 0.3 is 6.16 Å². The Morgan fingerprint density at radius 1 is 1.21 bits per heavy atom. The topological polar surface area (TPSA) is 89.9 Å². The van der Waals surface area contributed by atoms with Gasteiger partial charge in [0.1, 0.15) is 5.60 Å². The van der Waals surface area contributed by atoms with Gasteiger partial charge in [0.2, 0.25) is 5.78 Å². The summed E-state index contributed by atoms with van der Waals surface area (Å²) in [4.78, 5) is 36.6. The largest absolute Gasteiger partial charge is 0.508 e. The molecule has 182 valence electrons. The van der Waals surface area contributed by atoms with E-state index >= 15 is 0 Å². The molecule has 0 aliphatic heterocycles. The van der Waals surface area contributed by atoms with Crippen molar-refractivity contribution < 1.29 is 29.0 Å². The second kappa shape index (κ2) is 9.21. The standard InChI is InChI=1S/C25H32O6.C2H6/c1-5-30-22(28)31-14-21(27)25(29)15(2)12-20-18-7-6-16-13-17(26)8-10-23(16,3)19(18)9-11-24(20,25)4;1-2/h8-10,13,15,18,20,29H,5-7,11-12,14H2,1-4H3;1-2H3/t15-,18?,20?,23-,24-,25-;/m0./s1. The predicted octanol–water partition coefficient (Wildman–Crippen LogP) is 4.96. The highest BCUT2D eigenvalue weighted by atomic mass is 16.7. The monoisotopic (exact) mass is 458 g/mol. The molecule has 1 N–H and O–H groups in total. The van der Waals surface area contributed by atoms with E-state index in [0.717, 1.165) is 24.8 Å². The molecule has 6 nitrogen and oxygen atoms in total. The Morgan fingerprint density at radius 2 is 1.91 bits per heavy atom. The maximum Gasteiger partial charge on any atom is 0.508 e. The minimum atomic E-state index is -1.57. The number of ketones is 2. The third kappa shape index (κ3) is 3.80. The lowest BCUT2D eigenvalue weighted by Gasteiger charge is -2.53. The van der Waals surface area contributed by atoms with Crippen LogP contribution in [0.5, 0.6) is 0 Å². The van der Waals surface area contributed by atoms with E-state index in [1.807, 2.05) is 33.8 Å². The van der Waals surface area contributed by atoms with Crippen molar-refractivity contribution in [3.8, 4) is 0 Å². The number of hydrogen-bond acceptors (Lipinski definition) is 6. The van der Waals surface area contributed by atoms with Crippen LogP contribution < -0.4 is 0 Å². The molecule has 0 saturated heterocycles. The normalized spacial score (nSPS) is 38.5. The van der Waals surface area contributed by atoms with Crippen LogP contribution >= 0.6 is 0 Å². The lowest BCUT2D eigenvalue weighted by Crippen LogP contribution is -2.57. The molecule has 33 heavy (non-hydrogen) atoms. The molecule has 0 amide bonds. The molecular formula is C27H38O6. The zero-order valence-electron chi connectivity index (χ0n) is 20.8. The van der Waals surface area contributed by atoms with E-state index in [1.54, 1.807) is 19.1 Å². The quantitative estimate of drug-likeness (QED) is 0.473. The number of allylic oxidation sites excluding steroid dienone is 6. The van der Waals surface area contributed by atoms with Crippen LogP contribution in [0.25, 0.3) is 0 Å². The summed E-state index contributed by atoms with van der Waals surface area (Å²) in [6.45, 7) is 11.4. The van der Waals surface area contributed by atoms with Crippen molar-refractivity contribution in [3.05, 3.63) is 35.5 Å². The summed E-state index contributed by atoms with van der Waals surface area (Å²) in [6.07, 6.45) is 9.80. The Hall–Kier alpha value is -2.21. The average Bonchev–Trinajstić information content (AvgIpc) is 3.01. The molecule has 6 atom stereocenters. The number of carbonyl (C=O) groups is 3. The van der Waals surface area contributed by atoms with Gasteiger partial charge in [-0.2, -0.15) is 0 Å². The molecule has 4 aliphatic carbocycles. The van der Waals surface area contributed by atoms with Gasteiger partial charge in [-0.1, -0.05) is 51.0 Å². The summed E-state index contributed by atoms with van der Waals surface area (Å²) in [5.41, 5.74) is -0.00319. The number of carbonyl (C=O) groups excluding carboxylic acids is 3. The summed E-state index contributed by atoms with van der Waals surface area (Å²) in [7, 11) is 0. The van der Waals surface area contributed by atoms with Crippen LogP contribution in [0.3, 0.4) is 0 Å². The van der Waals surface area contributed by atoms with Crippen LogP contribution in [0.15, 0.2) is 35.5 Å². The molecule has 4 aliphatic rings. The van der Waals surface area contributed by atoms with Crippen LogP contribution in [0.4, 0.5) is 4.79 Å². The fourth-order valence-corrected chi connectivity index (χ4v) is 6.85. The van der Waals surface area contributed by atoms with E-state index in [0.29, 0.717) is 6.42 Å². The lowest BCUT2D eigenvalue weighted by molar-refractivity contribution is -0.162. The van der Waals surface area contributed by atoms with Gasteiger partial charge in [0.05, 0.1) is 6.61 Å². The molecule has 0 aromatic heterocycles. The average molecular weight is 459 g/mol. The molecule has 0 aromatic rings. The third-order valence-corrected chi connectivity index (χ3v) is 8.54. The van der Waals surface area contributed by atoms with Crippen LogP contribution in [-0.4, -0.2) is 41.6 Å². The Labute approximate surface area is 197 Å². The van der Waals surface area contributed by atoms with Gasteiger partial charge in [0, 0.05) is 10.8 Å². The Kier molecular flexibility index (Phi) is 7.09. The van der Waals surface area contributed by atoms with E-state index in [4.69, 9.17) is 9.47 Å². The molecule has 0 heterocycles. The predicted molar refractivity (Wildman–Crippen MR) is 125 cm³/mol. The summed E-state index contributed by atoms with van der Waals surface area (Å²) in [5.74, 6) is -0.275. The van der Waals surface area contributed by atoms with Crippen LogP contribution in [0.2, 0.25) is 0 Å². The van der Waals surface area contributed by atoms with Crippen molar-refractivity contribution in [2.75, 3.05) is 13.2 Å². The van der Waals surface area contributed by atoms with Crippen LogP contribution in [-0.2, 0) is 19.1 Å². The second-order valence-corrected chi connectivity index (χ2v) is 9.94. The van der Waals surface area contributed by atoms with E-state index in [-0.39, 0.29) is 35.6 Å². The fraction of sp³-hybridized carbons (Fsp3) is 0.667. The molecule has 0 spiro atoms. The molecule has 0 aromatic carbocycles. The highest BCUT2D eigenvalue weighted by Crippen LogP contribution is 2.66. The lowest BCUT2D eigenvalue weighted by atomic mass is 9.51. The molecule has 2 saturated carbocycles. The second-order valence-electron chi connectivity index (χ2n) is 9.94. The number of ether oxygens (including phenoxy) is 2. The minimum absolute atomic E-state index is 0.0447. The summed E-state index contributed by atoms with van der Waals surface area (Å²) in [5, 5.41) is 11.8. The summed E-state index contributed by atoms with van der Waals surface area (Å²) in [6, 6.07) is 0. The number of rotatable bonds is 4. The van der Waals surface area contributed by atoms with Crippen molar-refractivity contribution in [3.63, 3.8) is 0 Å². The molecule has 2 unspecified atom stereocenters. The molecule has 0 radical (unpaired) electrons. The first-order valence-corrected chi connectivity index (χ1v) is 12.3. The Bertz CT molecular complexity index is 914. The van der Waals surface area contributed by atoms with E-state index < -0.39 is 29.6 Å². The number of Topliss-reactive ketones (excluding diaryl/α,β-unsaturated/α-hetero) is 1. The van der Waals surface area contributed by atoms with Crippen molar-refractivity contribution in [2.45, 2.75) is 72.8 Å². The first-order valence-electron chi connectivity index (χ1n) is 12.3. The van der Waals surface area contributed by atoms with E-state index in [9.17, 15) is 19.5 Å². The van der Waals surface area contributed by atoms with Crippen molar-refractivity contribution in [1.82, 2.24) is 0 Å². The van der Waals surface area contributed by atoms with Crippen molar-refractivity contribution >= 4 is 17.7 Å². The number of aliphatic hydroxyl groups is 1. The SMILES string of the molecule is CC.CCOC(=O)OCC(=O)[C@@]1(O)[C@@H](C)CC2C3CCC4=CC(=O)C=C[C@]4(C)C3=CC[C@@]21C. The first kappa shape index (κ1) is 25.4. The zero-order chi connectivity index (χ0) is 24.6. The summed E-state index contributed by atoms with van der Waals surface area (Å²) < 4.78 is 9.71.